The molecule has 0 bridgehead atoms. The number of nitrogens with one attached hydrogen (secondary N) is 1. The summed E-state index contributed by atoms with van der Waals surface area (Å²) < 4.78 is 0. The van der Waals surface area contributed by atoms with E-state index in [4.69, 9.17) is 5.26 Å². The number of hydrogen-bond acceptors (Lipinski definition) is 2. The third-order valence-electron chi connectivity index (χ3n) is 3.27. The minimum Gasteiger partial charge on any atom is -0.310 e. The zero-order valence-electron chi connectivity index (χ0n) is 9.74. The highest BCUT2D eigenvalue weighted by Crippen LogP contribution is 2.34. The zero-order valence-corrected chi connectivity index (χ0v) is 9.74. The largest absolute Gasteiger partial charge is 0.310 e. The minimum absolute atomic E-state index is 0.687. The first kappa shape index (κ1) is 11.2. The van der Waals surface area contributed by atoms with Crippen molar-refractivity contribution in [1.82, 2.24) is 5.32 Å². The zero-order chi connectivity index (χ0) is 11.4. The Morgan fingerprint density at radius 2 is 2.25 bits per heavy atom. The van der Waals surface area contributed by atoms with E-state index in [1.807, 2.05) is 24.3 Å². The summed E-state index contributed by atoms with van der Waals surface area (Å²) >= 11 is 0. The van der Waals surface area contributed by atoms with Crippen LogP contribution in [0, 0.1) is 17.2 Å². The normalized spacial score (nSPS) is 22.8. The summed E-state index contributed by atoms with van der Waals surface area (Å²) in [5.74, 6) is 0.874. The van der Waals surface area contributed by atoms with Gasteiger partial charge in [0.05, 0.1) is 11.6 Å². The van der Waals surface area contributed by atoms with Gasteiger partial charge < -0.3 is 5.32 Å². The highest BCUT2D eigenvalue weighted by molar-refractivity contribution is 5.37. The van der Waals surface area contributed by atoms with Gasteiger partial charge in [0.25, 0.3) is 0 Å². The van der Waals surface area contributed by atoms with Gasteiger partial charge in [-0.2, -0.15) is 5.26 Å². The molecular formula is C14H18N2. The first-order chi connectivity index (χ1) is 7.85. The average molecular weight is 214 g/mol. The summed E-state index contributed by atoms with van der Waals surface area (Å²) in [5.41, 5.74) is 1.91. The molecule has 1 fully saturated rings. The van der Waals surface area contributed by atoms with Gasteiger partial charge in [-0.1, -0.05) is 31.5 Å². The fourth-order valence-corrected chi connectivity index (χ4v) is 2.21. The van der Waals surface area contributed by atoms with E-state index in [2.05, 4.69) is 18.3 Å². The molecule has 0 radical (unpaired) electrons. The van der Waals surface area contributed by atoms with Gasteiger partial charge in [-0.15, -0.1) is 0 Å². The monoisotopic (exact) mass is 214 g/mol. The second kappa shape index (κ2) is 5.14. The Morgan fingerprint density at radius 3 is 3.00 bits per heavy atom. The molecule has 1 aliphatic rings. The van der Waals surface area contributed by atoms with E-state index >= 15 is 0 Å². The number of nitrogens with zero attached hydrogens (tertiary/aromatic N) is 1. The van der Waals surface area contributed by atoms with Crippen LogP contribution in [-0.2, 0) is 6.54 Å². The Bertz CT molecular complexity index is 392. The molecule has 2 rings (SSSR count). The van der Waals surface area contributed by atoms with Crippen LogP contribution in [0.5, 0.6) is 0 Å². The topological polar surface area (TPSA) is 35.8 Å². The molecule has 0 aliphatic heterocycles. The smallest absolute Gasteiger partial charge is 0.0995 e. The van der Waals surface area contributed by atoms with E-state index < -0.39 is 0 Å². The van der Waals surface area contributed by atoms with Crippen LogP contribution in [0.25, 0.3) is 0 Å². The third kappa shape index (κ3) is 2.62. The van der Waals surface area contributed by atoms with Crippen molar-refractivity contribution in [3.8, 4) is 6.07 Å². The summed E-state index contributed by atoms with van der Waals surface area (Å²) in [6.45, 7) is 3.06. The van der Waals surface area contributed by atoms with Crippen LogP contribution >= 0.6 is 0 Å². The molecule has 0 spiro atoms. The quantitative estimate of drug-likeness (QED) is 0.818. The van der Waals surface area contributed by atoms with Crippen molar-refractivity contribution >= 4 is 0 Å². The lowest BCUT2D eigenvalue weighted by atomic mass is 10.1. The van der Waals surface area contributed by atoms with Crippen molar-refractivity contribution in [2.45, 2.75) is 38.8 Å². The van der Waals surface area contributed by atoms with Crippen LogP contribution in [0.3, 0.4) is 0 Å². The van der Waals surface area contributed by atoms with Crippen LogP contribution < -0.4 is 5.32 Å². The molecule has 0 amide bonds. The molecule has 16 heavy (non-hydrogen) atoms. The molecule has 2 heteroatoms. The highest BCUT2D eigenvalue weighted by atomic mass is 15.0. The van der Waals surface area contributed by atoms with Gasteiger partial charge in [-0.25, -0.2) is 0 Å². The van der Waals surface area contributed by atoms with Gasteiger partial charge in [0.2, 0.25) is 0 Å². The molecule has 0 aromatic heterocycles. The standard InChI is InChI=1S/C14H18N2/c1-2-5-11-8-14(11)16-10-13-7-4-3-6-12(13)9-15/h3-4,6-7,11,14,16H,2,5,8,10H2,1H3. The van der Waals surface area contributed by atoms with E-state index in [1.54, 1.807) is 0 Å². The molecular weight excluding hydrogens is 196 g/mol. The SMILES string of the molecule is CCCC1CC1NCc1ccccc1C#N. The maximum atomic E-state index is 8.96. The molecule has 2 atom stereocenters. The van der Waals surface area contributed by atoms with Crippen LogP contribution in [0.15, 0.2) is 24.3 Å². The van der Waals surface area contributed by atoms with Gasteiger partial charge in [0, 0.05) is 12.6 Å². The Labute approximate surface area is 97.3 Å². The molecule has 84 valence electrons. The number of benzene rings is 1. The lowest BCUT2D eigenvalue weighted by molar-refractivity contribution is 0.599. The predicted molar refractivity (Wildman–Crippen MR) is 64.8 cm³/mol. The van der Waals surface area contributed by atoms with Gasteiger partial charge in [0.1, 0.15) is 0 Å². The molecule has 0 heterocycles. The predicted octanol–water partition coefficient (Wildman–Crippen LogP) is 2.84. The first-order valence-corrected chi connectivity index (χ1v) is 6.06. The molecule has 1 aromatic carbocycles. The van der Waals surface area contributed by atoms with Crippen molar-refractivity contribution in [2.75, 3.05) is 0 Å². The molecule has 2 unspecified atom stereocenters. The summed E-state index contributed by atoms with van der Waals surface area (Å²) in [6, 6.07) is 10.7. The van der Waals surface area contributed by atoms with Crippen molar-refractivity contribution in [3.63, 3.8) is 0 Å². The third-order valence-corrected chi connectivity index (χ3v) is 3.27. The summed E-state index contributed by atoms with van der Waals surface area (Å²) in [4.78, 5) is 0. The van der Waals surface area contributed by atoms with E-state index in [0.29, 0.717) is 6.04 Å². The molecule has 1 saturated carbocycles. The van der Waals surface area contributed by atoms with Crippen LogP contribution in [0.1, 0.15) is 37.3 Å². The van der Waals surface area contributed by atoms with E-state index in [9.17, 15) is 0 Å². The average Bonchev–Trinajstić information content (AvgIpc) is 3.06. The Kier molecular flexibility index (Phi) is 3.58. The van der Waals surface area contributed by atoms with Gasteiger partial charge >= 0.3 is 0 Å². The number of nitriles is 1. The Morgan fingerprint density at radius 1 is 1.44 bits per heavy atom. The maximum absolute atomic E-state index is 8.96. The number of rotatable bonds is 5. The molecule has 1 N–H and O–H groups in total. The summed E-state index contributed by atoms with van der Waals surface area (Å²) in [7, 11) is 0. The first-order valence-electron chi connectivity index (χ1n) is 6.06. The van der Waals surface area contributed by atoms with Gasteiger partial charge in [-0.05, 0) is 30.4 Å². The van der Waals surface area contributed by atoms with E-state index in [0.717, 1.165) is 23.6 Å². The van der Waals surface area contributed by atoms with Crippen LogP contribution in [-0.4, -0.2) is 6.04 Å². The Hall–Kier alpha value is -1.33. The van der Waals surface area contributed by atoms with E-state index in [1.165, 1.54) is 19.3 Å². The van der Waals surface area contributed by atoms with Gasteiger partial charge in [0.15, 0.2) is 0 Å². The van der Waals surface area contributed by atoms with Crippen LogP contribution in [0.2, 0.25) is 0 Å². The number of hydrogen-bond donors (Lipinski definition) is 1. The van der Waals surface area contributed by atoms with Crippen molar-refractivity contribution in [3.05, 3.63) is 35.4 Å². The van der Waals surface area contributed by atoms with Crippen LogP contribution in [0.4, 0.5) is 0 Å². The fraction of sp³-hybridized carbons (Fsp3) is 0.500. The lowest BCUT2D eigenvalue weighted by Crippen LogP contribution is -2.18. The fourth-order valence-electron chi connectivity index (χ4n) is 2.21. The van der Waals surface area contributed by atoms with Gasteiger partial charge in [-0.3, -0.25) is 0 Å². The van der Waals surface area contributed by atoms with E-state index in [-0.39, 0.29) is 0 Å². The highest BCUT2D eigenvalue weighted by Gasteiger charge is 2.35. The summed E-state index contributed by atoms with van der Waals surface area (Å²) in [5, 5.41) is 12.5. The molecule has 2 nitrogen and oxygen atoms in total. The second-order valence-corrected chi connectivity index (χ2v) is 4.54. The van der Waals surface area contributed by atoms with Crippen molar-refractivity contribution in [1.29, 1.82) is 5.26 Å². The lowest BCUT2D eigenvalue weighted by Gasteiger charge is -2.05. The Balaban J connectivity index is 1.85. The molecule has 0 saturated heterocycles. The van der Waals surface area contributed by atoms with Crippen molar-refractivity contribution in [2.24, 2.45) is 5.92 Å². The molecule has 1 aromatic rings. The maximum Gasteiger partial charge on any atom is 0.0995 e. The summed E-state index contributed by atoms with van der Waals surface area (Å²) in [6.07, 6.45) is 3.91. The van der Waals surface area contributed by atoms with Crippen molar-refractivity contribution < 1.29 is 0 Å². The molecule has 1 aliphatic carbocycles. The second-order valence-electron chi connectivity index (χ2n) is 4.54. The minimum atomic E-state index is 0.687.